The maximum atomic E-state index is 10.9. The zero-order chi connectivity index (χ0) is 11.3. The van der Waals surface area contributed by atoms with Crippen LogP contribution in [0, 0.1) is 0 Å². The Morgan fingerprint density at radius 1 is 1.40 bits per heavy atom. The van der Waals surface area contributed by atoms with Crippen LogP contribution in [0.5, 0.6) is 0 Å². The van der Waals surface area contributed by atoms with Crippen LogP contribution < -0.4 is 5.32 Å². The molecule has 4 nitrogen and oxygen atoms in total. The van der Waals surface area contributed by atoms with E-state index in [2.05, 4.69) is 5.32 Å². The predicted molar refractivity (Wildman–Crippen MR) is 58.0 cm³/mol. The molecule has 0 spiro atoms. The van der Waals surface area contributed by atoms with E-state index in [-0.39, 0.29) is 18.3 Å². The monoisotopic (exact) mass is 207 g/mol. The van der Waals surface area contributed by atoms with E-state index in [4.69, 9.17) is 10.0 Å². The van der Waals surface area contributed by atoms with Gasteiger partial charge in [-0.1, -0.05) is 30.3 Å². The van der Waals surface area contributed by atoms with Gasteiger partial charge in [0.2, 0.25) is 5.91 Å². The molecule has 0 aliphatic carbocycles. The van der Waals surface area contributed by atoms with Gasteiger partial charge in [0.05, 0.1) is 6.04 Å². The van der Waals surface area contributed by atoms with Crippen LogP contribution in [-0.4, -0.2) is 23.1 Å². The molecule has 0 aliphatic rings. The molecule has 0 fully saturated rings. The van der Waals surface area contributed by atoms with E-state index in [1.165, 1.54) is 6.92 Å². The van der Waals surface area contributed by atoms with Crippen LogP contribution in [0.2, 0.25) is 6.32 Å². The zero-order valence-corrected chi connectivity index (χ0v) is 8.55. The number of hydrogen-bond donors (Lipinski definition) is 3. The van der Waals surface area contributed by atoms with Gasteiger partial charge >= 0.3 is 7.12 Å². The number of amides is 1. The average Bonchev–Trinajstić information content (AvgIpc) is 2.17. The molecule has 5 heteroatoms. The van der Waals surface area contributed by atoms with Gasteiger partial charge in [0, 0.05) is 13.2 Å². The fraction of sp³-hybridized carbons (Fsp3) is 0.300. The van der Waals surface area contributed by atoms with Crippen molar-refractivity contribution in [1.29, 1.82) is 0 Å². The van der Waals surface area contributed by atoms with Gasteiger partial charge in [-0.25, -0.2) is 0 Å². The molecule has 0 aromatic heterocycles. The molecule has 0 saturated heterocycles. The topological polar surface area (TPSA) is 69.6 Å². The molecule has 0 heterocycles. The Balaban J connectivity index is 2.76. The van der Waals surface area contributed by atoms with Crippen molar-refractivity contribution in [3.63, 3.8) is 0 Å². The number of hydrogen-bond acceptors (Lipinski definition) is 3. The van der Waals surface area contributed by atoms with Gasteiger partial charge in [0.1, 0.15) is 0 Å². The highest BCUT2D eigenvalue weighted by molar-refractivity contribution is 6.41. The molecule has 1 amide bonds. The van der Waals surface area contributed by atoms with E-state index in [0.717, 1.165) is 5.56 Å². The second-order valence-corrected chi connectivity index (χ2v) is 3.38. The number of nitrogens with one attached hydrogen (secondary N) is 1. The molecule has 1 aromatic rings. The maximum absolute atomic E-state index is 10.9. The lowest BCUT2D eigenvalue weighted by Crippen LogP contribution is -2.30. The Hall–Kier alpha value is -1.33. The molecule has 0 radical (unpaired) electrons. The Kier molecular flexibility index (Phi) is 4.33. The molecule has 1 unspecified atom stereocenters. The van der Waals surface area contributed by atoms with E-state index in [9.17, 15) is 4.79 Å². The smallest absolute Gasteiger partial charge is 0.427 e. The molecular formula is C10H14BNO3. The Morgan fingerprint density at radius 2 is 2.00 bits per heavy atom. The quantitative estimate of drug-likeness (QED) is 0.623. The Morgan fingerprint density at radius 3 is 2.47 bits per heavy atom. The van der Waals surface area contributed by atoms with Crippen molar-refractivity contribution in [2.75, 3.05) is 0 Å². The van der Waals surface area contributed by atoms with Crippen molar-refractivity contribution < 1.29 is 14.8 Å². The van der Waals surface area contributed by atoms with Crippen molar-refractivity contribution in [1.82, 2.24) is 5.32 Å². The second kappa shape index (κ2) is 5.53. The first-order valence-corrected chi connectivity index (χ1v) is 4.78. The fourth-order valence-corrected chi connectivity index (χ4v) is 1.42. The van der Waals surface area contributed by atoms with Crippen molar-refractivity contribution in [3.8, 4) is 0 Å². The molecule has 80 valence electrons. The first-order valence-electron chi connectivity index (χ1n) is 4.78. The minimum absolute atomic E-state index is 0.0869. The summed E-state index contributed by atoms with van der Waals surface area (Å²) in [5.41, 5.74) is 0.862. The summed E-state index contributed by atoms with van der Waals surface area (Å²) in [5.74, 6) is -0.190. The molecule has 1 atom stereocenters. The molecule has 1 aromatic carbocycles. The largest absolute Gasteiger partial charge is 0.453 e. The predicted octanol–water partition coefficient (Wildman–Crippen LogP) is 0.337. The number of rotatable bonds is 4. The average molecular weight is 207 g/mol. The summed E-state index contributed by atoms with van der Waals surface area (Å²) in [6.07, 6.45) is 0.0869. The van der Waals surface area contributed by atoms with E-state index in [0.29, 0.717) is 0 Å². The molecule has 0 aliphatic heterocycles. The second-order valence-electron chi connectivity index (χ2n) is 3.38. The highest BCUT2D eigenvalue weighted by atomic mass is 16.4. The standard InChI is InChI=1S/C10H14BNO3/c1-8(13)12-10(7-11(14)15)9-5-3-2-4-6-9/h2-6,10,14-15H,7H2,1H3,(H,12,13). The van der Waals surface area contributed by atoms with Crippen LogP contribution in [-0.2, 0) is 4.79 Å². The molecule has 0 bridgehead atoms. The molecule has 3 N–H and O–H groups in total. The summed E-state index contributed by atoms with van der Waals surface area (Å²) in [6.45, 7) is 1.40. The van der Waals surface area contributed by atoms with Gasteiger partial charge in [-0.05, 0) is 5.56 Å². The Labute approximate surface area is 89.1 Å². The summed E-state index contributed by atoms with van der Waals surface area (Å²) in [4.78, 5) is 10.9. The zero-order valence-electron chi connectivity index (χ0n) is 8.55. The number of carbonyl (C=O) groups excluding carboxylic acids is 1. The van der Waals surface area contributed by atoms with E-state index in [1.807, 2.05) is 30.3 Å². The first-order chi connectivity index (χ1) is 7.09. The summed E-state index contributed by atoms with van der Waals surface area (Å²) in [6, 6.07) is 8.86. The fourth-order valence-electron chi connectivity index (χ4n) is 1.42. The third-order valence-corrected chi connectivity index (χ3v) is 2.03. The van der Waals surface area contributed by atoms with Crippen molar-refractivity contribution >= 4 is 13.0 Å². The lowest BCUT2D eigenvalue weighted by Gasteiger charge is -2.17. The van der Waals surface area contributed by atoms with Crippen molar-refractivity contribution in [3.05, 3.63) is 35.9 Å². The normalized spacial score (nSPS) is 11.9. The van der Waals surface area contributed by atoms with Gasteiger partial charge in [0.25, 0.3) is 0 Å². The van der Waals surface area contributed by atoms with Gasteiger partial charge in [-0.3, -0.25) is 4.79 Å². The van der Waals surface area contributed by atoms with Crippen LogP contribution >= 0.6 is 0 Å². The summed E-state index contributed by atoms with van der Waals surface area (Å²) >= 11 is 0. The minimum Gasteiger partial charge on any atom is -0.427 e. The summed E-state index contributed by atoms with van der Waals surface area (Å²) in [7, 11) is -1.43. The van der Waals surface area contributed by atoms with Crippen LogP contribution in [0.25, 0.3) is 0 Å². The van der Waals surface area contributed by atoms with Gasteiger partial charge < -0.3 is 15.4 Å². The van der Waals surface area contributed by atoms with Crippen molar-refractivity contribution in [2.24, 2.45) is 0 Å². The van der Waals surface area contributed by atoms with E-state index >= 15 is 0 Å². The lowest BCUT2D eigenvalue weighted by molar-refractivity contribution is -0.119. The van der Waals surface area contributed by atoms with Gasteiger partial charge in [-0.15, -0.1) is 0 Å². The lowest BCUT2D eigenvalue weighted by atomic mass is 9.79. The third-order valence-electron chi connectivity index (χ3n) is 2.03. The SMILES string of the molecule is CC(=O)NC(CB(O)O)c1ccccc1. The van der Waals surface area contributed by atoms with Crippen LogP contribution in [0.1, 0.15) is 18.5 Å². The highest BCUT2D eigenvalue weighted by Crippen LogP contribution is 2.17. The third kappa shape index (κ3) is 4.14. The van der Waals surface area contributed by atoms with Gasteiger partial charge in [0.15, 0.2) is 0 Å². The van der Waals surface area contributed by atoms with E-state index in [1.54, 1.807) is 0 Å². The summed E-state index contributed by atoms with van der Waals surface area (Å²) < 4.78 is 0. The molecular weight excluding hydrogens is 193 g/mol. The number of carbonyl (C=O) groups is 1. The molecule has 0 saturated carbocycles. The minimum atomic E-state index is -1.43. The van der Waals surface area contributed by atoms with Crippen LogP contribution in [0.15, 0.2) is 30.3 Å². The maximum Gasteiger partial charge on any atom is 0.453 e. The van der Waals surface area contributed by atoms with E-state index < -0.39 is 7.12 Å². The van der Waals surface area contributed by atoms with Crippen LogP contribution in [0.4, 0.5) is 0 Å². The van der Waals surface area contributed by atoms with Crippen molar-refractivity contribution in [2.45, 2.75) is 19.3 Å². The highest BCUT2D eigenvalue weighted by Gasteiger charge is 2.19. The first kappa shape index (κ1) is 11.7. The molecule has 15 heavy (non-hydrogen) atoms. The number of benzene rings is 1. The Bertz CT molecular complexity index is 316. The van der Waals surface area contributed by atoms with Crippen LogP contribution in [0.3, 0.4) is 0 Å². The molecule has 1 rings (SSSR count). The van der Waals surface area contributed by atoms with Gasteiger partial charge in [-0.2, -0.15) is 0 Å². The summed E-state index contributed by atoms with van der Waals surface area (Å²) in [5, 5.41) is 20.5.